The van der Waals surface area contributed by atoms with Gasteiger partial charge in [-0.3, -0.25) is 10.1 Å². The normalized spacial score (nSPS) is 10.3. The van der Waals surface area contributed by atoms with E-state index in [1.165, 1.54) is 6.07 Å². The second kappa shape index (κ2) is 6.43. The SMILES string of the molecule is O=[N+]([O-])c1cccc(Oc2ccc(Cl)cc2CCl)c1Br. The summed E-state index contributed by atoms with van der Waals surface area (Å²) in [6, 6.07) is 9.60. The van der Waals surface area contributed by atoms with Gasteiger partial charge in [0.05, 0.1) is 10.8 Å². The Morgan fingerprint density at radius 3 is 2.65 bits per heavy atom. The molecule has 104 valence electrons. The van der Waals surface area contributed by atoms with Gasteiger partial charge in [-0.25, -0.2) is 0 Å². The van der Waals surface area contributed by atoms with Gasteiger partial charge in [-0.05, 0) is 40.2 Å². The minimum atomic E-state index is -0.485. The van der Waals surface area contributed by atoms with Crippen molar-refractivity contribution in [2.45, 2.75) is 5.88 Å². The molecular weight excluding hydrogens is 369 g/mol. The number of nitro groups is 1. The number of rotatable bonds is 4. The fourth-order valence-electron chi connectivity index (χ4n) is 1.59. The molecular formula is C13H8BrCl2NO3. The van der Waals surface area contributed by atoms with Gasteiger partial charge >= 0.3 is 0 Å². The molecule has 4 nitrogen and oxygen atoms in total. The monoisotopic (exact) mass is 375 g/mol. The van der Waals surface area contributed by atoms with E-state index >= 15 is 0 Å². The molecule has 0 spiro atoms. The molecule has 0 fully saturated rings. The van der Waals surface area contributed by atoms with Crippen molar-refractivity contribution in [2.75, 3.05) is 0 Å². The predicted octanol–water partition coefficient (Wildman–Crippen LogP) is 5.54. The maximum Gasteiger partial charge on any atom is 0.287 e. The molecule has 7 heteroatoms. The molecule has 0 saturated heterocycles. The zero-order valence-electron chi connectivity index (χ0n) is 9.98. The summed E-state index contributed by atoms with van der Waals surface area (Å²) in [5.41, 5.74) is 0.640. The molecule has 0 N–H and O–H groups in total. The van der Waals surface area contributed by atoms with Crippen LogP contribution in [0.25, 0.3) is 0 Å². The molecule has 2 rings (SSSR count). The van der Waals surface area contributed by atoms with Crippen molar-refractivity contribution in [2.24, 2.45) is 0 Å². The van der Waals surface area contributed by atoms with E-state index in [1.54, 1.807) is 30.3 Å². The second-order valence-electron chi connectivity index (χ2n) is 3.83. The second-order valence-corrected chi connectivity index (χ2v) is 5.33. The Kier molecular flexibility index (Phi) is 4.86. The van der Waals surface area contributed by atoms with Gasteiger partial charge in [-0.2, -0.15) is 0 Å². The van der Waals surface area contributed by atoms with E-state index in [2.05, 4.69) is 15.9 Å². The van der Waals surface area contributed by atoms with Crippen molar-refractivity contribution in [1.82, 2.24) is 0 Å². The fourth-order valence-corrected chi connectivity index (χ4v) is 2.48. The van der Waals surface area contributed by atoms with Crippen LogP contribution in [0, 0.1) is 10.1 Å². The lowest BCUT2D eigenvalue weighted by Gasteiger charge is -2.11. The molecule has 0 bridgehead atoms. The van der Waals surface area contributed by atoms with Gasteiger partial charge in [0, 0.05) is 16.7 Å². The predicted molar refractivity (Wildman–Crippen MR) is 81.9 cm³/mol. The molecule has 0 unspecified atom stereocenters. The first-order chi connectivity index (χ1) is 9.52. The van der Waals surface area contributed by atoms with Crippen LogP contribution < -0.4 is 4.74 Å². The minimum absolute atomic E-state index is 0.0658. The molecule has 20 heavy (non-hydrogen) atoms. The first kappa shape index (κ1) is 15.1. The Morgan fingerprint density at radius 1 is 1.25 bits per heavy atom. The van der Waals surface area contributed by atoms with E-state index in [-0.39, 0.29) is 16.0 Å². The van der Waals surface area contributed by atoms with Gasteiger partial charge in [0.25, 0.3) is 5.69 Å². The summed E-state index contributed by atoms with van der Waals surface area (Å²) in [7, 11) is 0. The molecule has 0 aliphatic rings. The molecule has 0 aromatic heterocycles. The fraction of sp³-hybridized carbons (Fsp3) is 0.0769. The van der Waals surface area contributed by atoms with Crippen LogP contribution in [0.3, 0.4) is 0 Å². The van der Waals surface area contributed by atoms with Gasteiger partial charge in [0.2, 0.25) is 0 Å². The summed E-state index contributed by atoms with van der Waals surface area (Å²) in [6.45, 7) is 0. The highest BCUT2D eigenvalue weighted by Crippen LogP contribution is 2.38. The van der Waals surface area contributed by atoms with Crippen molar-refractivity contribution in [3.63, 3.8) is 0 Å². The Bertz CT molecular complexity index is 664. The molecule has 0 aliphatic heterocycles. The standard InChI is InChI=1S/C13H8BrCl2NO3/c14-13-10(17(18)19)2-1-3-12(13)20-11-5-4-9(16)6-8(11)7-15/h1-6H,7H2. The maximum atomic E-state index is 10.9. The van der Waals surface area contributed by atoms with Crippen LogP contribution in [0.5, 0.6) is 11.5 Å². The number of hydrogen-bond acceptors (Lipinski definition) is 3. The lowest BCUT2D eigenvalue weighted by molar-refractivity contribution is -0.385. The van der Waals surface area contributed by atoms with Crippen LogP contribution in [0.1, 0.15) is 5.56 Å². The zero-order valence-corrected chi connectivity index (χ0v) is 13.1. The molecule has 0 atom stereocenters. The highest BCUT2D eigenvalue weighted by molar-refractivity contribution is 9.10. The number of nitrogens with zero attached hydrogens (tertiary/aromatic N) is 1. The Morgan fingerprint density at radius 2 is 2.00 bits per heavy atom. The number of ether oxygens (including phenoxy) is 1. The van der Waals surface area contributed by atoms with Crippen molar-refractivity contribution in [3.8, 4) is 11.5 Å². The summed E-state index contributed by atoms with van der Waals surface area (Å²) < 4.78 is 5.96. The summed E-state index contributed by atoms with van der Waals surface area (Å²) in [5, 5.41) is 11.4. The molecule has 0 heterocycles. The van der Waals surface area contributed by atoms with Crippen LogP contribution in [0.2, 0.25) is 5.02 Å². The van der Waals surface area contributed by atoms with Gasteiger partial charge < -0.3 is 4.74 Å². The van der Waals surface area contributed by atoms with Crippen LogP contribution in [-0.4, -0.2) is 4.92 Å². The Labute approximate surface area is 133 Å². The molecule has 0 saturated carbocycles. The van der Waals surface area contributed by atoms with Crippen molar-refractivity contribution in [3.05, 3.63) is 61.6 Å². The van der Waals surface area contributed by atoms with Gasteiger partial charge in [0.1, 0.15) is 16.0 Å². The molecule has 0 radical (unpaired) electrons. The smallest absolute Gasteiger partial charge is 0.287 e. The van der Waals surface area contributed by atoms with Crippen LogP contribution >= 0.6 is 39.1 Å². The molecule has 0 amide bonds. The van der Waals surface area contributed by atoms with Crippen LogP contribution in [0.15, 0.2) is 40.9 Å². The average Bonchev–Trinajstić information content (AvgIpc) is 2.42. The summed E-state index contributed by atoms with van der Waals surface area (Å²) >= 11 is 14.9. The zero-order chi connectivity index (χ0) is 14.7. The quantitative estimate of drug-likeness (QED) is 0.399. The number of halogens is 3. The van der Waals surface area contributed by atoms with E-state index in [0.29, 0.717) is 22.1 Å². The van der Waals surface area contributed by atoms with E-state index in [0.717, 1.165) is 0 Å². The lowest BCUT2D eigenvalue weighted by atomic mass is 10.2. The van der Waals surface area contributed by atoms with Gasteiger partial charge in [-0.15, -0.1) is 11.6 Å². The average molecular weight is 377 g/mol. The van der Waals surface area contributed by atoms with Crippen molar-refractivity contribution >= 4 is 44.8 Å². The highest BCUT2D eigenvalue weighted by atomic mass is 79.9. The maximum absolute atomic E-state index is 10.9. The highest BCUT2D eigenvalue weighted by Gasteiger charge is 2.17. The minimum Gasteiger partial charge on any atom is -0.456 e. The Balaban J connectivity index is 2.40. The van der Waals surface area contributed by atoms with E-state index in [9.17, 15) is 10.1 Å². The van der Waals surface area contributed by atoms with Crippen LogP contribution in [-0.2, 0) is 5.88 Å². The number of hydrogen-bond donors (Lipinski definition) is 0. The third-order valence-corrected chi connectivity index (χ3v) is 3.85. The van der Waals surface area contributed by atoms with Gasteiger partial charge in [0.15, 0.2) is 0 Å². The molecule has 0 aliphatic carbocycles. The molecule has 2 aromatic carbocycles. The van der Waals surface area contributed by atoms with Crippen molar-refractivity contribution < 1.29 is 9.66 Å². The number of benzene rings is 2. The first-order valence-corrected chi connectivity index (χ1v) is 7.18. The summed E-state index contributed by atoms with van der Waals surface area (Å²) in [5.74, 6) is 1.07. The largest absolute Gasteiger partial charge is 0.456 e. The van der Waals surface area contributed by atoms with Crippen molar-refractivity contribution in [1.29, 1.82) is 0 Å². The van der Waals surface area contributed by atoms with E-state index < -0.39 is 4.92 Å². The van der Waals surface area contributed by atoms with E-state index in [1.807, 2.05) is 0 Å². The summed E-state index contributed by atoms with van der Waals surface area (Å²) in [4.78, 5) is 10.4. The number of alkyl halides is 1. The molecule has 2 aromatic rings. The summed E-state index contributed by atoms with van der Waals surface area (Å²) in [6.07, 6.45) is 0. The number of nitro benzene ring substituents is 1. The lowest BCUT2D eigenvalue weighted by Crippen LogP contribution is -1.94. The van der Waals surface area contributed by atoms with E-state index in [4.69, 9.17) is 27.9 Å². The van der Waals surface area contributed by atoms with Gasteiger partial charge in [-0.1, -0.05) is 17.7 Å². The third kappa shape index (κ3) is 3.23. The first-order valence-electron chi connectivity index (χ1n) is 5.48. The van der Waals surface area contributed by atoms with Crippen LogP contribution in [0.4, 0.5) is 5.69 Å². The topological polar surface area (TPSA) is 52.4 Å². The third-order valence-electron chi connectivity index (χ3n) is 2.53. The Hall–Kier alpha value is -1.30.